The second kappa shape index (κ2) is 22.6. The van der Waals surface area contributed by atoms with Crippen LogP contribution in [0.15, 0.2) is 352 Å². The zero-order valence-corrected chi connectivity index (χ0v) is 61.3. The van der Waals surface area contributed by atoms with Gasteiger partial charge < -0.3 is 9.13 Å². The lowest BCUT2D eigenvalue weighted by Crippen LogP contribution is -1.94. The highest BCUT2D eigenvalue weighted by atomic mass is 15.0. The summed E-state index contributed by atoms with van der Waals surface area (Å²) in [5.74, 6) is 0. The molecule has 4 nitrogen and oxygen atoms in total. The van der Waals surface area contributed by atoms with E-state index in [2.05, 4.69) is 349 Å². The second-order valence-electron chi connectivity index (χ2n) is 31.2. The summed E-state index contributed by atoms with van der Waals surface area (Å²) in [5.41, 5.74) is 19.6. The summed E-state index contributed by atoms with van der Waals surface area (Å²) < 4.78 is 4.88. The SMILES string of the molecule is N#Cc1ccc(-n2c3ccccc3c3c4cccc5c6c(-c7ccccc7)c7c(cc8c9ccc(-c%10ccc%11c%12c%13cccc%14c%15c(-c%16ccccc%16)c%16cc%17c%18ccccc%18c%18cccc(c%16c(-c%16ccccc%16)c%15c(cc%12n(-c%12ccc(C#N)cc%12)c%11c%10)c%14%13)c%18%17)cc9c9cccc7c98)c(-c7ccccc7)c6c(cc32)c54)cc1. The molecule has 0 amide bonds. The highest BCUT2D eigenvalue weighted by molar-refractivity contribution is 6.49. The number of hydrogen-bond acceptors (Lipinski definition) is 2. The fourth-order valence-corrected chi connectivity index (χ4v) is 21.4. The smallest absolute Gasteiger partial charge is 0.0991 e. The molecule has 0 spiro atoms. The summed E-state index contributed by atoms with van der Waals surface area (Å²) in [5, 5.41) is 60.0. The lowest BCUT2D eigenvalue weighted by molar-refractivity contribution is 1.18. The molecular formula is C110H58N4. The summed E-state index contributed by atoms with van der Waals surface area (Å²) in [6.07, 6.45) is 0. The monoisotopic (exact) mass is 1430 g/mol. The van der Waals surface area contributed by atoms with Gasteiger partial charge in [0.15, 0.2) is 0 Å². The molecule has 26 aromatic rings. The van der Waals surface area contributed by atoms with Crippen LogP contribution in [-0.2, 0) is 0 Å². The first-order chi connectivity index (χ1) is 56.5. The Kier molecular flexibility index (Phi) is 12.2. The maximum Gasteiger partial charge on any atom is 0.0991 e. The third kappa shape index (κ3) is 7.97. The van der Waals surface area contributed by atoms with Crippen LogP contribution in [-0.4, -0.2) is 9.13 Å². The number of aromatic nitrogens is 2. The Morgan fingerprint density at radius 3 is 0.965 bits per heavy atom. The number of para-hydroxylation sites is 1. The van der Waals surface area contributed by atoms with E-state index in [1.165, 1.54) is 211 Å². The predicted molar refractivity (Wildman–Crippen MR) is 482 cm³/mol. The van der Waals surface area contributed by atoms with Crippen molar-refractivity contribution < 1.29 is 0 Å². The largest absolute Gasteiger partial charge is 0.309 e. The molecule has 0 unspecified atom stereocenters. The van der Waals surface area contributed by atoms with Gasteiger partial charge in [0.1, 0.15) is 0 Å². The van der Waals surface area contributed by atoms with Gasteiger partial charge in [0.05, 0.1) is 45.3 Å². The first kappa shape index (κ1) is 61.4. The second-order valence-corrected chi connectivity index (χ2v) is 31.2. The Balaban J connectivity index is 0.743. The average Bonchev–Trinajstić information content (AvgIpc) is 1.50. The summed E-state index contributed by atoms with van der Waals surface area (Å²) in [7, 11) is 0. The van der Waals surface area contributed by atoms with Crippen molar-refractivity contribution in [1.29, 1.82) is 10.5 Å². The molecule has 518 valence electrons. The van der Waals surface area contributed by atoms with Crippen molar-refractivity contribution in [1.82, 2.24) is 9.13 Å². The highest BCUT2D eigenvalue weighted by Crippen LogP contribution is 2.60. The van der Waals surface area contributed by atoms with Crippen LogP contribution in [0, 0.1) is 22.7 Å². The summed E-state index contributed by atoms with van der Waals surface area (Å²) >= 11 is 0. The molecule has 114 heavy (non-hydrogen) atoms. The van der Waals surface area contributed by atoms with Gasteiger partial charge in [0, 0.05) is 32.9 Å². The molecule has 0 saturated heterocycles. The van der Waals surface area contributed by atoms with E-state index in [9.17, 15) is 10.5 Å². The van der Waals surface area contributed by atoms with Gasteiger partial charge in [0.25, 0.3) is 0 Å². The quantitative estimate of drug-likeness (QED) is 0.149. The molecule has 0 radical (unpaired) electrons. The topological polar surface area (TPSA) is 57.4 Å². The molecule has 0 atom stereocenters. The number of benzene rings is 20. The van der Waals surface area contributed by atoms with Crippen LogP contribution < -0.4 is 0 Å². The maximum absolute atomic E-state index is 10.4. The van der Waals surface area contributed by atoms with Crippen molar-refractivity contribution >= 4 is 194 Å². The van der Waals surface area contributed by atoms with Gasteiger partial charge in [-0.25, -0.2) is 0 Å². The first-order valence-electron chi connectivity index (χ1n) is 39.2. The van der Waals surface area contributed by atoms with Gasteiger partial charge in [-0.05, 0) is 297 Å². The van der Waals surface area contributed by atoms with Crippen LogP contribution in [0.25, 0.3) is 261 Å². The first-order valence-corrected chi connectivity index (χ1v) is 39.2. The number of nitriles is 2. The minimum absolute atomic E-state index is 0.617. The van der Waals surface area contributed by atoms with E-state index < -0.39 is 0 Å². The van der Waals surface area contributed by atoms with Gasteiger partial charge in [0.2, 0.25) is 0 Å². The van der Waals surface area contributed by atoms with Crippen molar-refractivity contribution in [2.75, 3.05) is 0 Å². The van der Waals surface area contributed by atoms with Crippen LogP contribution in [0.5, 0.6) is 0 Å². The minimum atomic E-state index is 0.617. The van der Waals surface area contributed by atoms with E-state index in [1.807, 2.05) is 24.3 Å². The van der Waals surface area contributed by atoms with Gasteiger partial charge in [-0.3, -0.25) is 0 Å². The molecule has 0 N–H and O–H groups in total. The number of rotatable bonds is 7. The Morgan fingerprint density at radius 2 is 0.482 bits per heavy atom. The molecular weight excluding hydrogens is 1380 g/mol. The van der Waals surface area contributed by atoms with Gasteiger partial charge >= 0.3 is 0 Å². The Morgan fingerprint density at radius 1 is 0.158 bits per heavy atom. The average molecular weight is 1440 g/mol. The summed E-state index contributed by atoms with van der Waals surface area (Å²) in [6.45, 7) is 0. The van der Waals surface area contributed by atoms with Crippen LogP contribution in [0.2, 0.25) is 0 Å². The molecule has 24 aromatic carbocycles. The normalized spacial score (nSPS) is 12.4. The van der Waals surface area contributed by atoms with E-state index in [0.29, 0.717) is 11.1 Å². The van der Waals surface area contributed by atoms with Crippen LogP contribution in [0.1, 0.15) is 11.1 Å². The number of hydrogen-bond donors (Lipinski definition) is 0. The summed E-state index contributed by atoms with van der Waals surface area (Å²) in [6, 6.07) is 136. The molecule has 0 fully saturated rings. The molecule has 0 aliphatic rings. The molecule has 4 heteroatoms. The van der Waals surface area contributed by atoms with Gasteiger partial charge in [-0.2, -0.15) is 10.5 Å². The minimum Gasteiger partial charge on any atom is -0.309 e. The van der Waals surface area contributed by atoms with Crippen molar-refractivity contribution in [2.24, 2.45) is 0 Å². The Bertz CT molecular complexity index is 8810. The van der Waals surface area contributed by atoms with Crippen LogP contribution in [0.4, 0.5) is 0 Å². The number of nitrogens with zero attached hydrogens (tertiary/aromatic N) is 4. The molecule has 0 aliphatic heterocycles. The van der Waals surface area contributed by atoms with E-state index in [1.54, 1.807) is 0 Å². The zero-order chi connectivity index (χ0) is 74.4. The number of fused-ring (bicyclic) bond motifs is 24. The maximum atomic E-state index is 10.4. The Labute approximate surface area is 651 Å². The van der Waals surface area contributed by atoms with E-state index >= 15 is 0 Å². The summed E-state index contributed by atoms with van der Waals surface area (Å²) in [4.78, 5) is 0. The van der Waals surface area contributed by atoms with Crippen molar-refractivity contribution in [3.05, 3.63) is 363 Å². The highest BCUT2D eigenvalue weighted by Gasteiger charge is 2.32. The third-order valence-electron chi connectivity index (χ3n) is 25.8. The van der Waals surface area contributed by atoms with Crippen molar-refractivity contribution in [2.45, 2.75) is 0 Å². The van der Waals surface area contributed by atoms with Gasteiger partial charge in [-0.1, -0.05) is 261 Å². The molecule has 0 bridgehead atoms. The predicted octanol–water partition coefficient (Wildman–Crippen LogP) is 29.9. The lowest BCUT2D eigenvalue weighted by Gasteiger charge is -2.19. The Hall–Kier alpha value is -15.5. The fourth-order valence-electron chi connectivity index (χ4n) is 21.4. The van der Waals surface area contributed by atoms with E-state index in [4.69, 9.17) is 0 Å². The van der Waals surface area contributed by atoms with Crippen LogP contribution >= 0.6 is 0 Å². The van der Waals surface area contributed by atoms with E-state index in [0.717, 1.165) is 50.0 Å². The zero-order valence-electron chi connectivity index (χ0n) is 61.3. The standard InChI is InChI=1S/C110H58N4/c111-59-61-41-47-69(48-42-61)113-91-40-16-15-31-76(91)103-78-34-20-39-83-102(78)89(57-93(103)113)109-96(64-23-7-2-8-24-64)88-56-86-73-51-45-67(53-84(73)75-33-18-37-81(100(75)86)105(88)97(108(83)109)65-25-9-3-10-26-65)68-46-52-77-92(54-68)114(70-49-43-62(60-112)44-50-70)94-58-90-101-79(104(77)94)35-19-38-82(101)107-95(63-21-5-1-6-22-63)87-55-85-72-30-14-13-29-71(72)74-32-17-36-80(99(74)85)106(87)98(110(90)107)66-27-11-4-12-28-66/h1-58H. The molecule has 0 aliphatic carbocycles. The molecule has 2 heterocycles. The van der Waals surface area contributed by atoms with Crippen LogP contribution in [0.3, 0.4) is 0 Å². The molecule has 2 aromatic heterocycles. The lowest BCUT2D eigenvalue weighted by atomic mass is 9.84. The van der Waals surface area contributed by atoms with E-state index in [-0.39, 0.29) is 0 Å². The molecule has 26 rings (SSSR count). The fraction of sp³-hybridized carbons (Fsp3) is 0. The molecule has 0 saturated carbocycles. The van der Waals surface area contributed by atoms with Gasteiger partial charge in [-0.15, -0.1) is 0 Å². The van der Waals surface area contributed by atoms with Crippen molar-refractivity contribution in [3.63, 3.8) is 0 Å². The third-order valence-corrected chi connectivity index (χ3v) is 25.8. The van der Waals surface area contributed by atoms with Crippen molar-refractivity contribution in [3.8, 4) is 79.1 Å².